The van der Waals surface area contributed by atoms with E-state index in [-0.39, 0.29) is 5.91 Å². The van der Waals surface area contributed by atoms with Crippen LogP contribution in [0.5, 0.6) is 0 Å². The molecule has 0 spiro atoms. The maximum atomic E-state index is 11.7. The van der Waals surface area contributed by atoms with Gasteiger partial charge in [0.25, 0.3) is 5.91 Å². The first-order chi connectivity index (χ1) is 11.8. The zero-order valence-electron chi connectivity index (χ0n) is 13.8. The molecular formula is C20H23NO3. The van der Waals surface area contributed by atoms with Crippen LogP contribution in [-0.2, 0) is 9.53 Å². The third-order valence-electron chi connectivity index (χ3n) is 3.61. The molecule has 0 atom stereocenters. The molecule has 4 nitrogen and oxygen atoms in total. The molecule has 1 heterocycles. The topological polar surface area (TPSA) is 46.6 Å². The van der Waals surface area contributed by atoms with Crippen molar-refractivity contribution in [1.29, 1.82) is 0 Å². The number of ether oxygens (including phenoxy) is 1. The van der Waals surface area contributed by atoms with E-state index >= 15 is 0 Å². The van der Waals surface area contributed by atoms with E-state index in [0.29, 0.717) is 13.2 Å². The number of imide groups is 1. The summed E-state index contributed by atoms with van der Waals surface area (Å²) in [6, 6.07) is 10.2. The molecule has 1 aromatic carbocycles. The highest BCUT2D eigenvalue weighted by Crippen LogP contribution is 2.06. The average Bonchev–Trinajstić information content (AvgIpc) is 3.03. The van der Waals surface area contributed by atoms with E-state index in [1.807, 2.05) is 30.4 Å². The molecule has 0 N–H and O–H groups in total. The first-order valence-corrected chi connectivity index (χ1v) is 8.30. The van der Waals surface area contributed by atoms with E-state index < -0.39 is 6.09 Å². The molecule has 1 aliphatic heterocycles. The van der Waals surface area contributed by atoms with Gasteiger partial charge < -0.3 is 4.74 Å². The van der Waals surface area contributed by atoms with Crippen LogP contribution in [0.4, 0.5) is 4.79 Å². The highest BCUT2D eigenvalue weighted by Gasteiger charge is 2.26. The molecule has 0 aliphatic carbocycles. The van der Waals surface area contributed by atoms with Crippen LogP contribution < -0.4 is 0 Å². The highest BCUT2D eigenvalue weighted by atomic mass is 16.6. The van der Waals surface area contributed by atoms with Gasteiger partial charge in [0.15, 0.2) is 0 Å². The van der Waals surface area contributed by atoms with Gasteiger partial charge in [-0.25, -0.2) is 9.69 Å². The minimum absolute atomic E-state index is 0.288. The molecule has 24 heavy (non-hydrogen) atoms. The molecule has 1 saturated heterocycles. The quantitative estimate of drug-likeness (QED) is 0.405. The Balaban J connectivity index is 1.54. The molecule has 1 aliphatic rings. The van der Waals surface area contributed by atoms with E-state index in [1.54, 1.807) is 0 Å². The lowest BCUT2D eigenvalue weighted by atomic mass is 10.1. The average molecular weight is 325 g/mol. The maximum absolute atomic E-state index is 11.7. The Morgan fingerprint density at radius 3 is 2.54 bits per heavy atom. The summed E-state index contributed by atoms with van der Waals surface area (Å²) < 4.78 is 4.73. The second-order valence-electron chi connectivity index (χ2n) is 5.49. The number of amides is 2. The molecular weight excluding hydrogens is 302 g/mol. The van der Waals surface area contributed by atoms with E-state index in [9.17, 15) is 9.59 Å². The third-order valence-corrected chi connectivity index (χ3v) is 3.61. The van der Waals surface area contributed by atoms with Crippen molar-refractivity contribution in [2.75, 3.05) is 13.2 Å². The summed E-state index contributed by atoms with van der Waals surface area (Å²) in [5, 5.41) is 0. The van der Waals surface area contributed by atoms with Gasteiger partial charge in [-0.3, -0.25) is 4.79 Å². The normalized spacial score (nSPS) is 15.0. The van der Waals surface area contributed by atoms with Crippen molar-refractivity contribution in [3.05, 3.63) is 66.3 Å². The van der Waals surface area contributed by atoms with Gasteiger partial charge in [-0.15, -0.1) is 0 Å². The number of benzene rings is 1. The Kier molecular flexibility index (Phi) is 7.54. The van der Waals surface area contributed by atoms with Crippen molar-refractivity contribution in [1.82, 2.24) is 4.90 Å². The van der Waals surface area contributed by atoms with Crippen LogP contribution >= 0.6 is 0 Å². The van der Waals surface area contributed by atoms with Crippen molar-refractivity contribution in [2.45, 2.75) is 25.7 Å². The predicted octanol–water partition coefficient (Wildman–Crippen LogP) is 4.35. The van der Waals surface area contributed by atoms with Crippen molar-refractivity contribution >= 4 is 18.1 Å². The van der Waals surface area contributed by atoms with Crippen LogP contribution in [0.3, 0.4) is 0 Å². The van der Waals surface area contributed by atoms with Crippen molar-refractivity contribution in [2.24, 2.45) is 0 Å². The molecule has 0 radical (unpaired) electrons. The molecule has 0 saturated carbocycles. The van der Waals surface area contributed by atoms with E-state index in [1.165, 1.54) is 11.6 Å². The van der Waals surface area contributed by atoms with Crippen molar-refractivity contribution in [3.8, 4) is 0 Å². The zero-order chi connectivity index (χ0) is 17.0. The van der Waals surface area contributed by atoms with Gasteiger partial charge >= 0.3 is 6.09 Å². The zero-order valence-corrected chi connectivity index (χ0v) is 13.8. The summed E-state index contributed by atoms with van der Waals surface area (Å²) in [5.41, 5.74) is 1.19. The first kappa shape index (κ1) is 17.7. The summed E-state index contributed by atoms with van der Waals surface area (Å²) in [7, 11) is 0. The molecule has 2 amide bonds. The molecule has 0 aromatic heterocycles. The minimum atomic E-state index is -0.543. The first-order valence-electron chi connectivity index (χ1n) is 8.30. The van der Waals surface area contributed by atoms with Crippen LogP contribution in [0, 0.1) is 0 Å². The Morgan fingerprint density at radius 2 is 1.83 bits per heavy atom. The second kappa shape index (κ2) is 10.2. The van der Waals surface area contributed by atoms with Crippen LogP contribution in [0.15, 0.2) is 60.7 Å². The van der Waals surface area contributed by atoms with E-state index in [2.05, 4.69) is 30.4 Å². The van der Waals surface area contributed by atoms with Gasteiger partial charge in [-0.2, -0.15) is 0 Å². The Morgan fingerprint density at radius 1 is 1.08 bits per heavy atom. The number of nitrogens with zero attached hydrogens (tertiary/aromatic N) is 1. The summed E-state index contributed by atoms with van der Waals surface area (Å²) in [4.78, 5) is 24.0. The van der Waals surface area contributed by atoms with Gasteiger partial charge in [0.1, 0.15) is 6.61 Å². The van der Waals surface area contributed by atoms with Gasteiger partial charge in [0, 0.05) is 0 Å². The van der Waals surface area contributed by atoms with Crippen LogP contribution in [0.2, 0.25) is 0 Å². The molecule has 1 aromatic rings. The fraction of sp³-hybridized carbons (Fsp3) is 0.300. The third kappa shape index (κ3) is 6.24. The SMILES string of the molecule is O=C(/C=C/CCCC/C=C/C=C/c1ccccc1)N1CCOC1=O. The minimum Gasteiger partial charge on any atom is -0.447 e. The number of rotatable bonds is 8. The summed E-state index contributed by atoms with van der Waals surface area (Å²) in [6.07, 6.45) is 15.0. The largest absolute Gasteiger partial charge is 0.447 e. The second-order valence-corrected chi connectivity index (χ2v) is 5.49. The highest BCUT2D eigenvalue weighted by molar-refractivity contribution is 5.99. The van der Waals surface area contributed by atoms with Crippen LogP contribution in [-0.4, -0.2) is 30.1 Å². The lowest BCUT2D eigenvalue weighted by molar-refractivity contribution is -0.122. The Hall–Kier alpha value is -2.62. The van der Waals surface area contributed by atoms with Gasteiger partial charge in [0.05, 0.1) is 6.54 Å². The Labute approximate surface area is 143 Å². The van der Waals surface area contributed by atoms with E-state index in [4.69, 9.17) is 4.74 Å². The molecule has 0 bridgehead atoms. The number of allylic oxidation sites excluding steroid dienone is 4. The van der Waals surface area contributed by atoms with E-state index in [0.717, 1.165) is 30.6 Å². The number of cyclic esters (lactones) is 1. The molecule has 1 fully saturated rings. The van der Waals surface area contributed by atoms with Gasteiger partial charge in [-0.1, -0.05) is 60.7 Å². The smallest absolute Gasteiger partial charge is 0.416 e. The molecule has 4 heteroatoms. The molecule has 0 unspecified atom stereocenters. The molecule has 126 valence electrons. The number of carbonyl (C=O) groups is 2. The summed E-state index contributed by atoms with van der Waals surface area (Å²) >= 11 is 0. The number of hydrogen-bond donors (Lipinski definition) is 0. The monoisotopic (exact) mass is 325 g/mol. The van der Waals surface area contributed by atoms with Gasteiger partial charge in [0.2, 0.25) is 0 Å². The number of hydrogen-bond acceptors (Lipinski definition) is 3. The molecule has 2 rings (SSSR count). The lowest BCUT2D eigenvalue weighted by Crippen LogP contribution is -2.29. The fourth-order valence-corrected chi connectivity index (χ4v) is 2.30. The fourth-order valence-electron chi connectivity index (χ4n) is 2.30. The standard InChI is InChI=1S/C20H23NO3/c22-19(21-16-17-24-20(21)23)15-11-6-4-2-1-3-5-8-12-18-13-9-7-10-14-18/h3,5,7-15H,1-2,4,6,16-17H2/b5-3+,12-8+,15-11+. The van der Waals surface area contributed by atoms with Crippen molar-refractivity contribution in [3.63, 3.8) is 0 Å². The lowest BCUT2D eigenvalue weighted by Gasteiger charge is -2.06. The van der Waals surface area contributed by atoms with Crippen molar-refractivity contribution < 1.29 is 14.3 Å². The predicted molar refractivity (Wildman–Crippen MR) is 95.3 cm³/mol. The number of unbranched alkanes of at least 4 members (excludes halogenated alkanes) is 3. The summed E-state index contributed by atoms with van der Waals surface area (Å²) in [5.74, 6) is -0.288. The van der Waals surface area contributed by atoms with Crippen LogP contribution in [0.1, 0.15) is 31.2 Å². The van der Waals surface area contributed by atoms with Gasteiger partial charge in [-0.05, 0) is 37.3 Å². The Bertz CT molecular complexity index is 617. The van der Waals surface area contributed by atoms with Crippen LogP contribution in [0.25, 0.3) is 6.08 Å². The number of carbonyl (C=O) groups excluding carboxylic acids is 2. The maximum Gasteiger partial charge on any atom is 0.416 e. The summed E-state index contributed by atoms with van der Waals surface area (Å²) in [6.45, 7) is 0.646.